The number of fused-ring (bicyclic) bond motifs is 1. The number of carboxylic acids is 1. The van der Waals surface area contributed by atoms with Gasteiger partial charge in [-0.3, -0.25) is 0 Å². The summed E-state index contributed by atoms with van der Waals surface area (Å²) in [7, 11) is 0. The Morgan fingerprint density at radius 3 is 2.65 bits per heavy atom. The Hall–Kier alpha value is -2.49. The van der Waals surface area contributed by atoms with Crippen molar-refractivity contribution in [3.63, 3.8) is 0 Å². The Balaban J connectivity index is 1.98. The van der Waals surface area contributed by atoms with Crippen LogP contribution in [0.3, 0.4) is 0 Å². The highest BCUT2D eigenvalue weighted by Gasteiger charge is 2.26. The third-order valence-electron chi connectivity index (χ3n) is 4.54. The van der Waals surface area contributed by atoms with Gasteiger partial charge < -0.3 is 14.9 Å². The van der Waals surface area contributed by atoms with Crippen molar-refractivity contribution in [2.45, 2.75) is 59.0 Å². The predicted molar refractivity (Wildman–Crippen MR) is 104 cm³/mol. The first-order valence-corrected chi connectivity index (χ1v) is 9.00. The van der Waals surface area contributed by atoms with Crippen LogP contribution in [-0.2, 0) is 6.42 Å². The first kappa shape index (κ1) is 19.8. The summed E-state index contributed by atoms with van der Waals surface area (Å²) in [6.07, 6.45) is 8.63. The van der Waals surface area contributed by atoms with Crippen molar-refractivity contribution >= 4 is 5.97 Å². The second-order valence-corrected chi connectivity index (χ2v) is 7.18. The maximum absolute atomic E-state index is 11.1. The molecule has 1 aliphatic rings. The molecule has 0 unspecified atom stereocenters. The standard InChI is InChI=1S/C22H28O4/c1-14(2)7-5-8-15(3)9-6-10-20-16(4)11-17-12-18(22(24)25)13-19(23)21(17)26-20/h7,9,12-13,20,23H,4-6,8,10-11H2,1-3H3,(H,24,25)/b15-9-/t20-/m0/s1. The average Bonchev–Trinajstić information content (AvgIpc) is 2.55. The van der Waals surface area contributed by atoms with E-state index in [0.717, 1.165) is 31.3 Å². The third-order valence-corrected chi connectivity index (χ3v) is 4.54. The van der Waals surface area contributed by atoms with Crippen molar-refractivity contribution < 1.29 is 19.7 Å². The lowest BCUT2D eigenvalue weighted by molar-refractivity contribution is 0.0696. The number of phenols is 1. The highest BCUT2D eigenvalue weighted by molar-refractivity contribution is 5.89. The summed E-state index contributed by atoms with van der Waals surface area (Å²) in [6, 6.07) is 2.78. The van der Waals surface area contributed by atoms with Gasteiger partial charge in [-0.05, 0) is 64.2 Å². The summed E-state index contributed by atoms with van der Waals surface area (Å²) in [5.41, 5.74) is 4.35. The summed E-state index contributed by atoms with van der Waals surface area (Å²) in [4.78, 5) is 11.1. The number of allylic oxidation sites excluding steroid dienone is 4. The van der Waals surface area contributed by atoms with Crippen molar-refractivity contribution in [1.29, 1.82) is 0 Å². The van der Waals surface area contributed by atoms with Gasteiger partial charge in [0.05, 0.1) is 5.56 Å². The van der Waals surface area contributed by atoms with E-state index in [4.69, 9.17) is 9.84 Å². The maximum Gasteiger partial charge on any atom is 0.335 e. The zero-order valence-electron chi connectivity index (χ0n) is 15.8. The highest BCUT2D eigenvalue weighted by Crippen LogP contribution is 2.39. The van der Waals surface area contributed by atoms with E-state index in [-0.39, 0.29) is 17.4 Å². The summed E-state index contributed by atoms with van der Waals surface area (Å²) < 4.78 is 5.92. The lowest BCUT2D eigenvalue weighted by Gasteiger charge is -2.29. The van der Waals surface area contributed by atoms with Crippen LogP contribution in [0.15, 0.2) is 47.6 Å². The summed E-state index contributed by atoms with van der Waals surface area (Å²) in [5.74, 6) is -0.799. The van der Waals surface area contributed by atoms with Crippen LogP contribution in [0, 0.1) is 0 Å². The summed E-state index contributed by atoms with van der Waals surface area (Å²) >= 11 is 0. The number of aromatic carboxylic acids is 1. The molecule has 0 amide bonds. The number of benzene rings is 1. The lowest BCUT2D eigenvalue weighted by atomic mass is 9.93. The topological polar surface area (TPSA) is 66.8 Å². The van der Waals surface area contributed by atoms with Gasteiger partial charge in [0.1, 0.15) is 6.10 Å². The molecule has 0 spiro atoms. The quantitative estimate of drug-likeness (QED) is 0.640. The number of rotatable bonds is 7. The largest absolute Gasteiger partial charge is 0.504 e. The van der Waals surface area contributed by atoms with Crippen LogP contribution < -0.4 is 4.74 Å². The van der Waals surface area contributed by atoms with Crippen LogP contribution in [0.1, 0.15) is 62.4 Å². The number of hydrogen-bond donors (Lipinski definition) is 2. The molecule has 0 saturated carbocycles. The van der Waals surface area contributed by atoms with Gasteiger partial charge in [0.15, 0.2) is 11.5 Å². The van der Waals surface area contributed by atoms with E-state index in [9.17, 15) is 9.90 Å². The predicted octanol–water partition coefficient (Wildman–Crippen LogP) is 5.42. The minimum absolute atomic E-state index is 0.0611. The van der Waals surface area contributed by atoms with Crippen LogP contribution in [0.25, 0.3) is 0 Å². The monoisotopic (exact) mass is 356 g/mol. The molecule has 26 heavy (non-hydrogen) atoms. The van der Waals surface area contributed by atoms with Gasteiger partial charge in [-0.2, -0.15) is 0 Å². The average molecular weight is 356 g/mol. The molecule has 4 heteroatoms. The second-order valence-electron chi connectivity index (χ2n) is 7.18. The van der Waals surface area contributed by atoms with E-state index in [2.05, 4.69) is 39.5 Å². The van der Waals surface area contributed by atoms with Gasteiger partial charge >= 0.3 is 5.97 Å². The molecule has 140 valence electrons. The van der Waals surface area contributed by atoms with Crippen molar-refractivity contribution in [3.05, 3.63) is 58.7 Å². The molecule has 4 nitrogen and oxygen atoms in total. The molecule has 2 rings (SSSR count). The Bertz CT molecular complexity index is 752. The van der Waals surface area contributed by atoms with Crippen molar-refractivity contribution in [2.24, 2.45) is 0 Å². The van der Waals surface area contributed by atoms with Crippen LogP contribution in [0.2, 0.25) is 0 Å². The van der Waals surface area contributed by atoms with Crippen molar-refractivity contribution in [1.82, 2.24) is 0 Å². The zero-order chi connectivity index (χ0) is 19.3. The summed E-state index contributed by atoms with van der Waals surface area (Å²) in [5, 5.41) is 19.2. The van der Waals surface area contributed by atoms with Gasteiger partial charge in [0, 0.05) is 12.0 Å². The number of hydrogen-bond acceptors (Lipinski definition) is 3. The molecule has 1 atom stereocenters. The smallest absolute Gasteiger partial charge is 0.335 e. The molecule has 0 bridgehead atoms. The van der Waals surface area contributed by atoms with Crippen LogP contribution >= 0.6 is 0 Å². The number of carbonyl (C=O) groups is 1. The number of phenolic OH excluding ortho intramolecular Hbond substituents is 1. The van der Waals surface area contributed by atoms with E-state index in [1.807, 2.05) is 0 Å². The fraction of sp³-hybridized carbons (Fsp3) is 0.409. The molecule has 0 radical (unpaired) electrons. The Labute approximate surface area is 155 Å². The van der Waals surface area contributed by atoms with Crippen molar-refractivity contribution in [3.8, 4) is 11.5 Å². The van der Waals surface area contributed by atoms with Crippen LogP contribution in [0.5, 0.6) is 11.5 Å². The van der Waals surface area contributed by atoms with E-state index >= 15 is 0 Å². The maximum atomic E-state index is 11.1. The third kappa shape index (κ3) is 5.25. The normalized spacial score (nSPS) is 16.7. The first-order chi connectivity index (χ1) is 12.3. The zero-order valence-corrected chi connectivity index (χ0v) is 15.8. The molecule has 1 aromatic rings. The Kier molecular flexibility index (Phi) is 6.67. The van der Waals surface area contributed by atoms with Gasteiger partial charge in [0.2, 0.25) is 0 Å². The number of aromatic hydroxyl groups is 1. The molecule has 1 aliphatic heterocycles. The minimum atomic E-state index is -1.07. The van der Waals surface area contributed by atoms with Gasteiger partial charge in [-0.15, -0.1) is 0 Å². The molecule has 2 N–H and O–H groups in total. The van der Waals surface area contributed by atoms with Crippen LogP contribution in [-0.4, -0.2) is 22.3 Å². The highest BCUT2D eigenvalue weighted by atomic mass is 16.5. The molecule has 0 aromatic heterocycles. The first-order valence-electron chi connectivity index (χ1n) is 9.00. The summed E-state index contributed by atoms with van der Waals surface area (Å²) in [6.45, 7) is 10.4. The Morgan fingerprint density at radius 1 is 1.27 bits per heavy atom. The second kappa shape index (κ2) is 8.75. The molecular formula is C22H28O4. The molecule has 0 aliphatic carbocycles. The van der Waals surface area contributed by atoms with Gasteiger partial charge in [0.25, 0.3) is 0 Å². The fourth-order valence-corrected chi connectivity index (χ4v) is 3.08. The van der Waals surface area contributed by atoms with E-state index < -0.39 is 5.97 Å². The molecule has 0 saturated heterocycles. The molecule has 1 heterocycles. The molecular weight excluding hydrogens is 328 g/mol. The minimum Gasteiger partial charge on any atom is -0.504 e. The van der Waals surface area contributed by atoms with E-state index in [1.54, 1.807) is 6.07 Å². The number of ether oxygens (including phenoxy) is 1. The Morgan fingerprint density at radius 2 is 2.00 bits per heavy atom. The molecule has 0 fully saturated rings. The fourth-order valence-electron chi connectivity index (χ4n) is 3.08. The van der Waals surface area contributed by atoms with Crippen molar-refractivity contribution in [2.75, 3.05) is 0 Å². The van der Waals surface area contributed by atoms with Gasteiger partial charge in [-0.25, -0.2) is 4.79 Å². The number of carboxylic acid groups (broad SMARTS) is 1. The SMILES string of the molecule is C=C1Cc2cc(C(=O)O)cc(O)c2O[C@H]1CC/C=C(/C)CCC=C(C)C. The molecule has 1 aromatic carbocycles. The lowest BCUT2D eigenvalue weighted by Crippen LogP contribution is -2.25. The van der Waals surface area contributed by atoms with E-state index in [1.165, 1.54) is 17.2 Å². The van der Waals surface area contributed by atoms with Gasteiger partial charge in [-0.1, -0.05) is 29.9 Å². The van der Waals surface area contributed by atoms with E-state index in [0.29, 0.717) is 17.7 Å². The van der Waals surface area contributed by atoms with Crippen LogP contribution in [0.4, 0.5) is 0 Å².